The van der Waals surface area contributed by atoms with Gasteiger partial charge in [0, 0.05) is 46.4 Å². The Kier molecular flexibility index (Phi) is 6.17. The Morgan fingerprint density at radius 1 is 1.23 bits per heavy atom. The number of hydrogen-bond donors (Lipinski definition) is 0. The number of anilines is 1. The number of piperidine rings is 1. The molecule has 2 aliphatic heterocycles. The minimum atomic E-state index is -0.140. The van der Waals surface area contributed by atoms with Crippen LogP contribution in [0.15, 0.2) is 23.3 Å². The summed E-state index contributed by atoms with van der Waals surface area (Å²) in [5.74, 6) is 0.0202. The average molecular weight is 415 g/mol. The summed E-state index contributed by atoms with van der Waals surface area (Å²) >= 11 is 0. The molecule has 2 aromatic heterocycles. The quantitative estimate of drug-likeness (QED) is 0.709. The fraction of sp³-hybridized carbons (Fsp3) is 0.619. The number of hydrogen-bond acceptors (Lipinski definition) is 6. The Labute approximate surface area is 176 Å². The van der Waals surface area contributed by atoms with Crippen LogP contribution in [0.1, 0.15) is 47.8 Å². The van der Waals surface area contributed by atoms with E-state index in [2.05, 4.69) is 10.2 Å². The summed E-state index contributed by atoms with van der Waals surface area (Å²) in [5, 5.41) is 8.82. The van der Waals surface area contributed by atoms with Gasteiger partial charge in [0.1, 0.15) is 0 Å². The third kappa shape index (κ3) is 4.12. The molecule has 1 atom stereocenters. The lowest BCUT2D eigenvalue weighted by atomic mass is 10.0. The molecular weight excluding hydrogens is 384 g/mol. The Balaban J connectivity index is 1.48. The van der Waals surface area contributed by atoms with Crippen LogP contribution in [-0.2, 0) is 17.7 Å². The van der Waals surface area contributed by atoms with E-state index in [1.165, 1.54) is 4.68 Å². The van der Waals surface area contributed by atoms with E-state index in [-0.39, 0.29) is 17.5 Å². The number of likely N-dealkylation sites (tertiary alicyclic amines) is 1. The van der Waals surface area contributed by atoms with Gasteiger partial charge in [-0.25, -0.2) is 4.68 Å². The minimum Gasteiger partial charge on any atom is -0.383 e. The van der Waals surface area contributed by atoms with Crippen molar-refractivity contribution in [2.75, 3.05) is 45.3 Å². The fourth-order valence-corrected chi connectivity index (χ4v) is 4.36. The number of aromatic nitrogens is 4. The molecule has 0 bridgehead atoms. The molecule has 0 unspecified atom stereocenters. The lowest BCUT2D eigenvalue weighted by Crippen LogP contribution is -2.43. The molecule has 4 rings (SSSR count). The van der Waals surface area contributed by atoms with Gasteiger partial charge in [-0.1, -0.05) is 0 Å². The Morgan fingerprint density at radius 3 is 2.90 bits per heavy atom. The molecule has 162 valence electrons. The first kappa shape index (κ1) is 20.6. The second-order valence-electron chi connectivity index (χ2n) is 8.14. The predicted octanol–water partition coefficient (Wildman–Crippen LogP) is 1.34. The van der Waals surface area contributed by atoms with Crippen molar-refractivity contribution >= 4 is 11.6 Å². The Hall–Kier alpha value is -2.68. The van der Waals surface area contributed by atoms with Crippen molar-refractivity contribution in [3.05, 3.63) is 40.1 Å². The van der Waals surface area contributed by atoms with E-state index in [9.17, 15) is 9.59 Å². The largest absolute Gasteiger partial charge is 0.383 e. The lowest BCUT2D eigenvalue weighted by molar-refractivity contribution is 0.0668. The fourth-order valence-electron chi connectivity index (χ4n) is 4.36. The van der Waals surface area contributed by atoms with Crippen LogP contribution in [0.2, 0.25) is 0 Å². The number of likely N-dealkylation sites (N-methyl/N-ethyl adjacent to an activating group) is 1. The van der Waals surface area contributed by atoms with E-state index in [0.717, 1.165) is 50.0 Å². The predicted molar refractivity (Wildman–Crippen MR) is 113 cm³/mol. The molecule has 1 saturated heterocycles. The highest BCUT2D eigenvalue weighted by Gasteiger charge is 2.29. The number of nitrogens with zero attached hydrogens (tertiary/aromatic N) is 6. The highest BCUT2D eigenvalue weighted by Crippen LogP contribution is 2.24. The van der Waals surface area contributed by atoms with Gasteiger partial charge < -0.3 is 14.5 Å². The highest BCUT2D eigenvalue weighted by atomic mass is 16.5. The molecule has 9 nitrogen and oxygen atoms in total. The molecule has 2 aliphatic rings. The zero-order valence-corrected chi connectivity index (χ0v) is 17.8. The van der Waals surface area contributed by atoms with E-state index in [0.29, 0.717) is 31.8 Å². The Bertz CT molecular complexity index is 952. The summed E-state index contributed by atoms with van der Waals surface area (Å²) in [6, 6.07) is 1.50. The number of aryl methyl sites for hydroxylation is 1. The van der Waals surface area contributed by atoms with Crippen LogP contribution in [0.5, 0.6) is 0 Å². The van der Waals surface area contributed by atoms with Gasteiger partial charge in [-0.05, 0) is 32.1 Å². The molecule has 0 aliphatic carbocycles. The molecule has 2 aromatic rings. The number of amides is 1. The van der Waals surface area contributed by atoms with Crippen LogP contribution in [0.4, 0.5) is 5.69 Å². The van der Waals surface area contributed by atoms with E-state index in [1.807, 2.05) is 21.5 Å². The summed E-state index contributed by atoms with van der Waals surface area (Å²) in [5.41, 5.74) is 2.39. The van der Waals surface area contributed by atoms with E-state index < -0.39 is 0 Å². The molecule has 0 N–H and O–H groups in total. The molecule has 1 amide bonds. The van der Waals surface area contributed by atoms with E-state index in [1.54, 1.807) is 25.6 Å². The first-order valence-electron chi connectivity index (χ1n) is 10.7. The molecule has 0 radical (unpaired) electrons. The molecule has 30 heavy (non-hydrogen) atoms. The maximum absolute atomic E-state index is 13.2. The SMILES string of the molecule is COCCN(C)c1cnn([C@@H]2CCCN(C(=O)c3cnn4c3CCCC4)C2)c(=O)c1. The maximum Gasteiger partial charge on any atom is 0.269 e. The van der Waals surface area contributed by atoms with Crippen LogP contribution in [0.3, 0.4) is 0 Å². The van der Waals surface area contributed by atoms with Gasteiger partial charge in [0.2, 0.25) is 0 Å². The van der Waals surface area contributed by atoms with Crippen molar-refractivity contribution in [3.8, 4) is 0 Å². The van der Waals surface area contributed by atoms with Gasteiger partial charge in [-0.2, -0.15) is 10.2 Å². The average Bonchev–Trinajstić information content (AvgIpc) is 3.21. The topological polar surface area (TPSA) is 85.5 Å². The second kappa shape index (κ2) is 8.99. The van der Waals surface area contributed by atoms with Crippen molar-refractivity contribution in [1.29, 1.82) is 0 Å². The van der Waals surface area contributed by atoms with Gasteiger partial charge in [-0.3, -0.25) is 14.3 Å². The number of methoxy groups -OCH3 is 1. The molecular formula is C21H30N6O3. The highest BCUT2D eigenvalue weighted by molar-refractivity contribution is 5.95. The molecule has 0 spiro atoms. The van der Waals surface area contributed by atoms with Crippen LogP contribution < -0.4 is 10.5 Å². The number of fused-ring (bicyclic) bond motifs is 1. The summed E-state index contributed by atoms with van der Waals surface area (Å²) in [7, 11) is 3.56. The summed E-state index contributed by atoms with van der Waals surface area (Å²) in [6.45, 7) is 3.35. The van der Waals surface area contributed by atoms with Crippen molar-refractivity contribution in [1.82, 2.24) is 24.5 Å². The smallest absolute Gasteiger partial charge is 0.269 e. The third-order valence-corrected chi connectivity index (χ3v) is 6.13. The van der Waals surface area contributed by atoms with Crippen molar-refractivity contribution in [3.63, 3.8) is 0 Å². The summed E-state index contributed by atoms with van der Waals surface area (Å²) < 4.78 is 8.58. The minimum absolute atomic E-state index is 0.0202. The Morgan fingerprint density at radius 2 is 2.10 bits per heavy atom. The van der Waals surface area contributed by atoms with Gasteiger partial charge in [0.15, 0.2) is 0 Å². The second-order valence-corrected chi connectivity index (χ2v) is 8.14. The molecule has 0 aromatic carbocycles. The van der Waals surface area contributed by atoms with Crippen LogP contribution >= 0.6 is 0 Å². The monoisotopic (exact) mass is 414 g/mol. The molecule has 1 fully saturated rings. The van der Waals surface area contributed by atoms with Crippen molar-refractivity contribution in [2.45, 2.75) is 44.7 Å². The van der Waals surface area contributed by atoms with Crippen LogP contribution in [0, 0.1) is 0 Å². The number of carbonyl (C=O) groups excluding carboxylic acids is 1. The number of carbonyl (C=O) groups is 1. The standard InChI is InChI=1S/C21H30N6O3/c1-24(10-11-30-2)17-12-20(28)27(23-13-17)16-6-5-8-25(15-16)21(29)18-14-22-26-9-4-3-7-19(18)26/h12-14,16H,3-11,15H2,1-2H3/t16-/m1/s1. The zero-order chi connectivity index (χ0) is 21.1. The van der Waals surface area contributed by atoms with E-state index >= 15 is 0 Å². The zero-order valence-electron chi connectivity index (χ0n) is 17.8. The summed E-state index contributed by atoms with van der Waals surface area (Å²) in [6.07, 6.45) is 8.22. The number of rotatable bonds is 6. The molecule has 9 heteroatoms. The van der Waals surface area contributed by atoms with Crippen LogP contribution in [-0.4, -0.2) is 70.8 Å². The summed E-state index contributed by atoms with van der Waals surface area (Å²) in [4.78, 5) is 29.7. The third-order valence-electron chi connectivity index (χ3n) is 6.13. The van der Waals surface area contributed by atoms with E-state index in [4.69, 9.17) is 4.74 Å². The normalized spacial score (nSPS) is 18.9. The van der Waals surface area contributed by atoms with Crippen LogP contribution in [0.25, 0.3) is 0 Å². The van der Waals surface area contributed by atoms with Gasteiger partial charge in [-0.15, -0.1) is 0 Å². The van der Waals surface area contributed by atoms with Gasteiger partial charge in [0.05, 0.1) is 42.0 Å². The van der Waals surface area contributed by atoms with Crippen molar-refractivity contribution < 1.29 is 9.53 Å². The lowest BCUT2D eigenvalue weighted by Gasteiger charge is -2.33. The van der Waals surface area contributed by atoms with Gasteiger partial charge in [0.25, 0.3) is 11.5 Å². The first-order chi connectivity index (χ1) is 14.6. The van der Waals surface area contributed by atoms with Crippen molar-refractivity contribution in [2.24, 2.45) is 0 Å². The first-order valence-corrected chi connectivity index (χ1v) is 10.7. The van der Waals surface area contributed by atoms with Gasteiger partial charge >= 0.3 is 0 Å². The molecule has 0 saturated carbocycles. The maximum atomic E-state index is 13.2. The molecule has 4 heterocycles. The number of ether oxygens (including phenoxy) is 1.